The molecule has 38 heavy (non-hydrogen) atoms. The first-order valence-electron chi connectivity index (χ1n) is 12.2. The fourth-order valence-corrected chi connectivity index (χ4v) is 5.02. The largest absolute Gasteiger partial charge is 0.588 e. The van der Waals surface area contributed by atoms with Gasteiger partial charge in [-0.25, -0.2) is 0 Å². The zero-order valence-electron chi connectivity index (χ0n) is 21.2. The summed E-state index contributed by atoms with van der Waals surface area (Å²) in [7, 11) is 0. The fraction of sp³-hybridized carbons (Fsp3) is 0.250. The average molecular weight is 553 g/mol. The molecule has 3 N–H and O–H groups in total. The fourth-order valence-electron chi connectivity index (χ4n) is 4.13. The zero-order valence-corrected chi connectivity index (χ0v) is 22.7. The summed E-state index contributed by atoms with van der Waals surface area (Å²) in [5.74, 6) is 0.0282. The second-order valence-electron chi connectivity index (χ2n) is 8.84. The van der Waals surface area contributed by atoms with Gasteiger partial charge < -0.3 is 19.6 Å². The number of aromatic amines is 1. The van der Waals surface area contributed by atoms with E-state index in [9.17, 15) is 14.1 Å². The quantitative estimate of drug-likeness (QED) is 0.182. The number of hydrogen-bond donors (Lipinski definition) is 3. The molecule has 2 amide bonds. The van der Waals surface area contributed by atoms with E-state index in [4.69, 9.17) is 16.3 Å². The van der Waals surface area contributed by atoms with E-state index in [0.29, 0.717) is 30.0 Å². The predicted molar refractivity (Wildman–Crippen MR) is 149 cm³/mol. The van der Waals surface area contributed by atoms with E-state index in [2.05, 4.69) is 20.0 Å². The molecule has 0 spiro atoms. The molecule has 198 valence electrons. The zero-order chi connectivity index (χ0) is 27.1. The number of nitrogens with zero attached hydrogens (tertiary/aromatic N) is 1. The van der Waals surface area contributed by atoms with Gasteiger partial charge in [-0.05, 0) is 73.7 Å². The number of amides is 2. The Kier molecular flexibility index (Phi) is 9.28. The third-order valence-electron chi connectivity index (χ3n) is 5.98. The number of nitrogens with one attached hydrogen (secondary N) is 3. The molecule has 0 aliphatic rings. The van der Waals surface area contributed by atoms with Crippen molar-refractivity contribution in [1.82, 2.24) is 20.0 Å². The molecule has 2 aromatic carbocycles. The Morgan fingerprint density at radius 3 is 2.63 bits per heavy atom. The monoisotopic (exact) mass is 552 g/mol. The van der Waals surface area contributed by atoms with E-state index in [1.807, 2.05) is 50.2 Å². The maximum Gasteiger partial charge on any atom is 0.268 e. The van der Waals surface area contributed by atoms with Gasteiger partial charge in [-0.2, -0.15) is 4.72 Å². The van der Waals surface area contributed by atoms with Gasteiger partial charge in [0.25, 0.3) is 11.8 Å². The van der Waals surface area contributed by atoms with Gasteiger partial charge in [0.05, 0.1) is 12.8 Å². The summed E-state index contributed by atoms with van der Waals surface area (Å²) in [5.41, 5.74) is 4.15. The summed E-state index contributed by atoms with van der Waals surface area (Å²) in [5, 5.41) is 4.51. The van der Waals surface area contributed by atoms with Crippen molar-refractivity contribution in [2.45, 2.75) is 38.0 Å². The third kappa shape index (κ3) is 6.86. The molecular formula is C28H29ClN4O4S. The van der Waals surface area contributed by atoms with Crippen LogP contribution in [0.4, 0.5) is 0 Å². The Balaban J connectivity index is 1.33. The van der Waals surface area contributed by atoms with Crippen molar-refractivity contribution in [1.29, 1.82) is 0 Å². The van der Waals surface area contributed by atoms with Gasteiger partial charge >= 0.3 is 0 Å². The first-order valence-corrected chi connectivity index (χ1v) is 13.7. The van der Waals surface area contributed by atoms with Gasteiger partial charge in [0, 0.05) is 35.1 Å². The Bertz CT molecular complexity index is 1400. The van der Waals surface area contributed by atoms with Gasteiger partial charge in [-0.3, -0.25) is 14.6 Å². The molecular weight excluding hydrogens is 524 g/mol. The van der Waals surface area contributed by atoms with Crippen LogP contribution >= 0.6 is 11.6 Å². The lowest BCUT2D eigenvalue weighted by Gasteiger charge is -2.11. The smallest absolute Gasteiger partial charge is 0.268 e. The van der Waals surface area contributed by atoms with Crippen molar-refractivity contribution in [2.24, 2.45) is 0 Å². The molecule has 4 aromatic rings. The Labute approximate surface area is 229 Å². The summed E-state index contributed by atoms with van der Waals surface area (Å²) in [6.45, 7) is 4.48. The molecule has 4 rings (SSSR count). The predicted octanol–water partition coefficient (Wildman–Crippen LogP) is 4.80. The number of H-pyrrole nitrogens is 1. The van der Waals surface area contributed by atoms with E-state index in [1.165, 1.54) is 6.20 Å². The number of aromatic nitrogens is 2. The topological polar surface area (TPSA) is 119 Å². The SMILES string of the molecule is Cc1cc(OCCCc2c(C(=O)NCCC(=O)N[S+]([O-])c3cccnc3)[nH]c3ccccc23)cc(C)c1Cl. The van der Waals surface area contributed by atoms with Crippen molar-refractivity contribution in [3.63, 3.8) is 0 Å². The number of hydrogen-bond acceptors (Lipinski definition) is 5. The maximum absolute atomic E-state index is 13.0. The molecule has 1 unspecified atom stereocenters. The van der Waals surface area contributed by atoms with Crippen molar-refractivity contribution in [3.8, 4) is 5.75 Å². The molecule has 0 bridgehead atoms. The number of halogens is 1. The van der Waals surface area contributed by atoms with Crippen molar-refractivity contribution in [3.05, 3.63) is 88.3 Å². The van der Waals surface area contributed by atoms with E-state index in [-0.39, 0.29) is 18.9 Å². The minimum Gasteiger partial charge on any atom is -0.588 e. The first kappa shape index (κ1) is 27.5. The maximum atomic E-state index is 13.0. The number of aryl methyl sites for hydroxylation is 3. The molecule has 0 aliphatic heterocycles. The van der Waals surface area contributed by atoms with Gasteiger partial charge in [-0.1, -0.05) is 29.8 Å². The minimum absolute atomic E-state index is 0.0128. The standard InChI is InChI=1S/C28H29ClN4O4S/c1-18-15-20(16-19(2)26(18)29)37-14-6-9-23-22-8-3-4-10-24(22)32-27(23)28(35)31-13-11-25(34)33-38(36)21-7-5-12-30-17-21/h3-5,7-8,10,12,15-17,32H,6,9,11,13-14H2,1-2H3,(H,31,35)(H,33,34). The summed E-state index contributed by atoms with van der Waals surface area (Å²) < 4.78 is 20.6. The van der Waals surface area contributed by atoms with Gasteiger partial charge in [0.1, 0.15) is 22.8 Å². The number of pyridine rings is 1. The second-order valence-corrected chi connectivity index (χ2v) is 10.4. The summed E-state index contributed by atoms with van der Waals surface area (Å²) in [4.78, 5) is 32.7. The molecule has 0 radical (unpaired) electrons. The van der Waals surface area contributed by atoms with Crippen LogP contribution in [0.5, 0.6) is 5.75 Å². The van der Waals surface area contributed by atoms with Crippen LogP contribution in [-0.2, 0) is 22.6 Å². The van der Waals surface area contributed by atoms with E-state index in [1.54, 1.807) is 18.3 Å². The third-order valence-corrected chi connectivity index (χ3v) is 7.66. The number of carbonyl (C=O) groups is 2. The minimum atomic E-state index is -1.70. The van der Waals surface area contributed by atoms with Gasteiger partial charge in [0.2, 0.25) is 0 Å². The van der Waals surface area contributed by atoms with Gasteiger partial charge in [-0.15, -0.1) is 0 Å². The highest BCUT2D eigenvalue weighted by atomic mass is 35.5. The normalized spacial score (nSPS) is 11.8. The summed E-state index contributed by atoms with van der Waals surface area (Å²) >= 11 is 4.55. The number of benzene rings is 2. The number of para-hydroxylation sites is 1. The lowest BCUT2D eigenvalue weighted by Crippen LogP contribution is -2.34. The molecule has 2 aromatic heterocycles. The second kappa shape index (κ2) is 12.8. The van der Waals surface area contributed by atoms with Crippen LogP contribution in [0.2, 0.25) is 5.02 Å². The van der Waals surface area contributed by atoms with Crippen molar-refractivity contribution < 1.29 is 18.9 Å². The Hall–Kier alpha value is -3.53. The highest BCUT2D eigenvalue weighted by Gasteiger charge is 2.19. The van der Waals surface area contributed by atoms with Gasteiger partial charge in [0.15, 0.2) is 4.90 Å². The first-order chi connectivity index (χ1) is 18.3. The Morgan fingerprint density at radius 2 is 1.89 bits per heavy atom. The molecule has 1 atom stereocenters. The molecule has 0 aliphatic carbocycles. The van der Waals surface area contributed by atoms with E-state index >= 15 is 0 Å². The molecule has 10 heteroatoms. The van der Waals surface area contributed by atoms with Crippen LogP contribution in [-0.4, -0.2) is 39.5 Å². The molecule has 0 saturated carbocycles. The molecule has 0 fully saturated rings. The lowest BCUT2D eigenvalue weighted by molar-refractivity contribution is -0.119. The molecule has 8 nitrogen and oxygen atoms in total. The summed E-state index contributed by atoms with van der Waals surface area (Å²) in [6.07, 6.45) is 4.30. The number of carbonyl (C=O) groups excluding carboxylic acids is 2. The van der Waals surface area contributed by atoms with E-state index in [0.717, 1.165) is 38.4 Å². The highest BCUT2D eigenvalue weighted by molar-refractivity contribution is 7.90. The van der Waals surface area contributed by atoms with Crippen LogP contribution in [0.15, 0.2) is 65.8 Å². The number of ether oxygens (including phenoxy) is 1. The number of rotatable bonds is 11. The lowest BCUT2D eigenvalue weighted by atomic mass is 10.1. The van der Waals surface area contributed by atoms with Crippen LogP contribution in [0.3, 0.4) is 0 Å². The van der Waals surface area contributed by atoms with E-state index < -0.39 is 17.3 Å². The van der Waals surface area contributed by atoms with Crippen molar-refractivity contribution >= 4 is 45.7 Å². The van der Waals surface area contributed by atoms with Crippen LogP contribution in [0, 0.1) is 13.8 Å². The number of fused-ring (bicyclic) bond motifs is 1. The highest BCUT2D eigenvalue weighted by Crippen LogP contribution is 2.27. The van der Waals surface area contributed by atoms with Crippen LogP contribution in [0.1, 0.15) is 40.0 Å². The van der Waals surface area contributed by atoms with Crippen LogP contribution in [0.25, 0.3) is 10.9 Å². The Morgan fingerprint density at radius 1 is 1.13 bits per heavy atom. The average Bonchev–Trinajstić information content (AvgIpc) is 3.28. The summed E-state index contributed by atoms with van der Waals surface area (Å²) in [6, 6.07) is 14.8. The molecule has 0 saturated heterocycles. The molecule has 2 heterocycles. The van der Waals surface area contributed by atoms with Crippen molar-refractivity contribution in [2.75, 3.05) is 13.2 Å². The van der Waals surface area contributed by atoms with Crippen LogP contribution < -0.4 is 14.8 Å².